The first-order chi connectivity index (χ1) is 15.0. The number of amides is 3. The van der Waals surface area contributed by atoms with Crippen molar-refractivity contribution in [2.75, 3.05) is 33.4 Å². The molecule has 2 saturated heterocycles. The Hall–Kier alpha value is -2.21. The van der Waals surface area contributed by atoms with Crippen LogP contribution in [0.5, 0.6) is 0 Å². The van der Waals surface area contributed by atoms with Gasteiger partial charge in [0.25, 0.3) is 0 Å². The third-order valence-electron chi connectivity index (χ3n) is 7.56. The predicted molar refractivity (Wildman–Crippen MR) is 117 cm³/mol. The third kappa shape index (κ3) is 4.40. The lowest BCUT2D eigenvalue weighted by molar-refractivity contribution is -0.143. The van der Waals surface area contributed by atoms with Gasteiger partial charge in [0.15, 0.2) is 0 Å². The Morgan fingerprint density at radius 2 is 1.84 bits per heavy atom. The molecule has 1 saturated carbocycles. The summed E-state index contributed by atoms with van der Waals surface area (Å²) in [6.07, 6.45) is 6.83. The number of hydrogen-bond donors (Lipinski definition) is 0. The van der Waals surface area contributed by atoms with Gasteiger partial charge in [0, 0.05) is 46.2 Å². The van der Waals surface area contributed by atoms with E-state index < -0.39 is 5.41 Å². The third-order valence-corrected chi connectivity index (χ3v) is 7.56. The van der Waals surface area contributed by atoms with Crippen LogP contribution in [0.4, 0.5) is 0 Å². The Labute approximate surface area is 184 Å². The molecule has 168 valence electrons. The maximum absolute atomic E-state index is 13.6. The minimum Gasteiger partial charge on any atom is -0.385 e. The molecule has 3 amide bonds. The second-order valence-electron chi connectivity index (χ2n) is 9.43. The number of nitrogens with zero attached hydrogens (tertiary/aromatic N) is 2. The van der Waals surface area contributed by atoms with Crippen LogP contribution in [-0.2, 0) is 24.5 Å². The molecule has 4 rings (SSSR count). The molecule has 1 unspecified atom stereocenters. The lowest BCUT2D eigenvalue weighted by Crippen LogP contribution is -2.48. The van der Waals surface area contributed by atoms with Gasteiger partial charge >= 0.3 is 0 Å². The van der Waals surface area contributed by atoms with E-state index in [-0.39, 0.29) is 30.6 Å². The standard InChI is InChI=1S/C25H34N2O4/c1-31-15-7-13-27-23(29)17-25(24(27)30,21-10-3-2-4-11-21)16-22(28)26-14-12-19-8-5-6-9-20(19)18-26/h2-4,10-11,19-20H,5-9,12-18H2,1H3/t19-,20-,25?/m0/s1. The number of rotatable bonds is 7. The summed E-state index contributed by atoms with van der Waals surface area (Å²) >= 11 is 0. The number of carbonyl (C=O) groups excluding carboxylic acids is 3. The van der Waals surface area contributed by atoms with Gasteiger partial charge < -0.3 is 9.64 Å². The van der Waals surface area contributed by atoms with Crippen LogP contribution >= 0.6 is 0 Å². The normalized spacial score (nSPS) is 28.7. The first-order valence-corrected chi connectivity index (χ1v) is 11.7. The molecule has 1 aliphatic carbocycles. The topological polar surface area (TPSA) is 66.9 Å². The van der Waals surface area contributed by atoms with Crippen LogP contribution in [0.25, 0.3) is 0 Å². The highest BCUT2D eigenvalue weighted by molar-refractivity contribution is 6.10. The summed E-state index contributed by atoms with van der Waals surface area (Å²) in [6, 6.07) is 9.40. The zero-order chi connectivity index (χ0) is 21.8. The zero-order valence-electron chi connectivity index (χ0n) is 18.6. The number of carbonyl (C=O) groups is 3. The van der Waals surface area contributed by atoms with Crippen LogP contribution in [0.15, 0.2) is 30.3 Å². The van der Waals surface area contributed by atoms with Gasteiger partial charge in [-0.1, -0.05) is 49.6 Å². The van der Waals surface area contributed by atoms with Crippen molar-refractivity contribution >= 4 is 17.7 Å². The van der Waals surface area contributed by atoms with Gasteiger partial charge in [0.1, 0.15) is 0 Å². The Morgan fingerprint density at radius 3 is 2.58 bits per heavy atom. The second kappa shape index (κ2) is 9.51. The number of piperidine rings is 1. The van der Waals surface area contributed by atoms with E-state index in [1.54, 1.807) is 7.11 Å². The van der Waals surface area contributed by atoms with E-state index in [9.17, 15) is 14.4 Å². The predicted octanol–water partition coefficient (Wildman–Crippen LogP) is 3.15. The van der Waals surface area contributed by atoms with Crippen LogP contribution in [-0.4, -0.2) is 60.9 Å². The molecule has 31 heavy (non-hydrogen) atoms. The van der Waals surface area contributed by atoms with E-state index in [0.29, 0.717) is 25.5 Å². The van der Waals surface area contributed by atoms with Crippen molar-refractivity contribution in [2.45, 2.75) is 56.8 Å². The highest BCUT2D eigenvalue weighted by Crippen LogP contribution is 2.42. The largest absolute Gasteiger partial charge is 0.385 e. The first kappa shape index (κ1) is 22.0. The molecule has 3 fully saturated rings. The van der Waals surface area contributed by atoms with Gasteiger partial charge in [-0.05, 0) is 36.7 Å². The molecule has 0 N–H and O–H groups in total. The number of methoxy groups -OCH3 is 1. The fourth-order valence-electron chi connectivity index (χ4n) is 5.81. The van der Waals surface area contributed by atoms with E-state index in [0.717, 1.165) is 31.0 Å². The second-order valence-corrected chi connectivity index (χ2v) is 9.43. The summed E-state index contributed by atoms with van der Waals surface area (Å²) in [4.78, 5) is 43.2. The summed E-state index contributed by atoms with van der Waals surface area (Å²) in [5, 5.41) is 0. The van der Waals surface area contributed by atoms with E-state index in [4.69, 9.17) is 4.74 Å². The smallest absolute Gasteiger partial charge is 0.240 e. The molecule has 3 aliphatic rings. The first-order valence-electron chi connectivity index (χ1n) is 11.7. The molecule has 0 bridgehead atoms. The van der Waals surface area contributed by atoms with Crippen molar-refractivity contribution in [2.24, 2.45) is 11.8 Å². The Balaban J connectivity index is 1.54. The summed E-state index contributed by atoms with van der Waals surface area (Å²) in [5.74, 6) is 0.912. The van der Waals surface area contributed by atoms with Gasteiger partial charge in [-0.3, -0.25) is 19.3 Å². The zero-order valence-corrected chi connectivity index (χ0v) is 18.6. The molecular weight excluding hydrogens is 392 g/mol. The number of likely N-dealkylation sites (tertiary alicyclic amines) is 2. The van der Waals surface area contributed by atoms with Crippen molar-refractivity contribution in [1.29, 1.82) is 0 Å². The van der Waals surface area contributed by atoms with E-state index >= 15 is 0 Å². The lowest BCUT2D eigenvalue weighted by Gasteiger charge is -2.42. The number of ether oxygens (including phenoxy) is 1. The van der Waals surface area contributed by atoms with Crippen LogP contribution in [0.2, 0.25) is 0 Å². The molecule has 6 nitrogen and oxygen atoms in total. The van der Waals surface area contributed by atoms with Crippen LogP contribution in [0, 0.1) is 11.8 Å². The monoisotopic (exact) mass is 426 g/mol. The number of hydrogen-bond acceptors (Lipinski definition) is 4. The van der Waals surface area contributed by atoms with Gasteiger partial charge in [0.05, 0.1) is 5.41 Å². The van der Waals surface area contributed by atoms with Gasteiger partial charge in [0.2, 0.25) is 17.7 Å². The Bertz CT molecular complexity index is 811. The average molecular weight is 427 g/mol. The summed E-state index contributed by atoms with van der Waals surface area (Å²) in [6.45, 7) is 2.39. The van der Waals surface area contributed by atoms with Gasteiger partial charge in [-0.25, -0.2) is 0 Å². The molecule has 3 atom stereocenters. The number of imide groups is 1. The Kier molecular flexibility index (Phi) is 6.75. The van der Waals surface area contributed by atoms with Crippen molar-refractivity contribution in [3.8, 4) is 0 Å². The van der Waals surface area contributed by atoms with Crippen molar-refractivity contribution in [3.63, 3.8) is 0 Å². The van der Waals surface area contributed by atoms with E-state index in [1.165, 1.54) is 30.6 Å². The molecule has 2 aliphatic heterocycles. The van der Waals surface area contributed by atoms with Gasteiger partial charge in [-0.15, -0.1) is 0 Å². The molecule has 0 aromatic heterocycles. The quantitative estimate of drug-likeness (QED) is 0.496. The molecule has 2 heterocycles. The number of fused-ring (bicyclic) bond motifs is 1. The molecule has 1 aromatic rings. The molecule has 6 heteroatoms. The van der Waals surface area contributed by atoms with Crippen molar-refractivity contribution in [1.82, 2.24) is 9.80 Å². The fourth-order valence-corrected chi connectivity index (χ4v) is 5.81. The van der Waals surface area contributed by atoms with Crippen LogP contribution in [0.1, 0.15) is 56.9 Å². The maximum atomic E-state index is 13.6. The molecule has 1 aromatic carbocycles. The molecule has 0 spiro atoms. The van der Waals surface area contributed by atoms with Gasteiger partial charge in [-0.2, -0.15) is 0 Å². The van der Waals surface area contributed by atoms with Crippen LogP contribution in [0.3, 0.4) is 0 Å². The van der Waals surface area contributed by atoms with Crippen molar-refractivity contribution in [3.05, 3.63) is 35.9 Å². The van der Waals surface area contributed by atoms with E-state index in [1.807, 2.05) is 35.2 Å². The summed E-state index contributed by atoms with van der Waals surface area (Å²) in [5.41, 5.74) is -0.324. The highest BCUT2D eigenvalue weighted by atomic mass is 16.5. The SMILES string of the molecule is COCCCN1C(=O)CC(CC(=O)N2CC[C@@H]3CCCC[C@H]3C2)(c2ccccc2)C1=O. The minimum absolute atomic E-state index is 0.00719. The number of benzene rings is 1. The highest BCUT2D eigenvalue weighted by Gasteiger charge is 2.54. The summed E-state index contributed by atoms with van der Waals surface area (Å²) < 4.78 is 5.09. The average Bonchev–Trinajstić information content (AvgIpc) is 3.04. The van der Waals surface area contributed by atoms with E-state index in [2.05, 4.69) is 0 Å². The molecule has 0 radical (unpaired) electrons. The maximum Gasteiger partial charge on any atom is 0.240 e. The Morgan fingerprint density at radius 1 is 1.10 bits per heavy atom. The van der Waals surface area contributed by atoms with Crippen molar-refractivity contribution < 1.29 is 19.1 Å². The molecular formula is C25H34N2O4. The fraction of sp³-hybridized carbons (Fsp3) is 0.640. The minimum atomic E-state index is -1.09. The summed E-state index contributed by atoms with van der Waals surface area (Å²) in [7, 11) is 1.61. The lowest BCUT2D eigenvalue weighted by atomic mass is 9.73. The van der Waals surface area contributed by atoms with Crippen LogP contribution < -0.4 is 0 Å².